The van der Waals surface area contributed by atoms with Crippen molar-refractivity contribution in [3.05, 3.63) is 120 Å². The van der Waals surface area contributed by atoms with Gasteiger partial charge in [0.1, 0.15) is 85.3 Å². The van der Waals surface area contributed by atoms with E-state index in [0.29, 0.717) is 65.1 Å². The van der Waals surface area contributed by atoms with E-state index >= 15 is 4.79 Å². The van der Waals surface area contributed by atoms with Gasteiger partial charge in [0.25, 0.3) is 0 Å². The van der Waals surface area contributed by atoms with E-state index in [2.05, 4.69) is 42.2 Å². The first-order valence-electron chi connectivity index (χ1n) is 43.6. The molecule has 0 saturated carbocycles. The second-order valence-electron chi connectivity index (χ2n) is 34.0. The van der Waals surface area contributed by atoms with Crippen LogP contribution in [0.2, 0.25) is 1.41 Å². The molecule has 5 heterocycles. The standard InChI is InChI=1S/C89H125N13O26/c1-15-48(8)71(60(122-13)40-65(107)101-39-23-30-59(101)78(123-14)49(9)81(114)91-50(10)79(52-24-17-16-18-25-52)127-88-77(113)74(110)75(111)80(128-88)86(119)120)99(11)85(118)67(46(4)5)95-84(117)70(47(6)7)100(12)89(121)125-43-51-31-33-54(34-32-51)92-82(115)57(44-124-87-76(112)73(109)72(108)61(42-103)126-87)93-83(116)66(45(2)3)94-63(105)37-38-90-62(104)35-36-64(106)102-41-53-26-19-20-27-55(53)68-69(97-98-96-68)56-28-21-22-29-58(56)102/h16-22,24-29,31-34,45-50,57,59-61,66-67,70-80,87-88,103,108-113H,15,23,30,35-44H2,1-14H3,(H,90,104)(H,91,114)(H,92,115)(H,93,116)(H,94,105)(H,95,117)(H,119,120)(H,96,97,98)/t48-,49+,50+,57-,59-,60+,61+,66-,67-,70-,71-,72+,73-,74-,75-,76+,77+,78+,79+,80-,87+,88+/m0/s1/i/hT. The number of para-hydroxylation sites is 1. The number of H-pyrrole nitrogens is 1. The first kappa shape index (κ1) is 99.6. The highest BCUT2D eigenvalue weighted by molar-refractivity contribution is 6.02. The number of aromatic amines is 1. The number of fused-ring (bicyclic) bond motifs is 5. The number of carbonyl (C=O) groups is 11. The third-order valence-electron chi connectivity index (χ3n) is 24.0. The lowest BCUT2D eigenvalue weighted by molar-refractivity contribution is -0.307. The van der Waals surface area contributed by atoms with Gasteiger partial charge in [0.2, 0.25) is 53.2 Å². The molecule has 4 aliphatic rings. The van der Waals surface area contributed by atoms with Gasteiger partial charge in [-0.05, 0) is 78.3 Å². The lowest BCUT2D eigenvalue weighted by atomic mass is 9.89. The Hall–Kier alpha value is -10.5. The number of methoxy groups -OCH3 is 2. The van der Waals surface area contributed by atoms with Crippen LogP contribution in [0.15, 0.2) is 103 Å². The predicted octanol–water partition coefficient (Wildman–Crippen LogP) is 2.16. The number of aromatic nitrogens is 3. The fourth-order valence-electron chi connectivity index (χ4n) is 16.6. The van der Waals surface area contributed by atoms with Gasteiger partial charge in [0, 0.05) is 77.5 Å². The summed E-state index contributed by atoms with van der Waals surface area (Å²) in [6, 6.07) is 21.2. The molecule has 4 aromatic carbocycles. The largest absolute Gasteiger partial charge is 0.479 e. The summed E-state index contributed by atoms with van der Waals surface area (Å²) >= 11 is 0. The molecule has 128 heavy (non-hydrogen) atoms. The first-order valence-corrected chi connectivity index (χ1v) is 43.1. The van der Waals surface area contributed by atoms with Crippen LogP contribution in [0, 0.1) is 29.6 Å². The molecule has 39 heteroatoms. The van der Waals surface area contributed by atoms with Crippen molar-refractivity contribution >= 4 is 76.6 Å². The van der Waals surface area contributed by atoms with Gasteiger partial charge in [0.05, 0.1) is 73.8 Å². The van der Waals surface area contributed by atoms with Crippen LogP contribution in [0.25, 0.3) is 22.5 Å². The summed E-state index contributed by atoms with van der Waals surface area (Å²) in [5.74, 6) is -9.91. The van der Waals surface area contributed by atoms with Crippen LogP contribution in [0.5, 0.6) is 0 Å². The minimum Gasteiger partial charge on any atom is -0.479 e. The SMILES string of the molecule is [3H]n1nnc2c1-c1ccccc1CN(C(=O)CCC(=O)NCCC(=O)N[C@H](C(=O)N[C@@H](CO[C@@H]1O[C@H](CO)[C@@H](O)[C@H](O)[C@H]1O)C(=O)Nc1ccc(COC(=O)N(C)[C@H](C(=O)N[C@H](C(=O)N(C)[C@@H]([C@@H](C)CC)[C@@H](CC(=O)N3CCC[C@H]3[C@H](OC)[C@@H](C)C(=O)N[C@H](C)[C@@H](O[C@@H]3O[C@H](C(=O)O)[C@@H](O)[C@H](O)[C@H]3O)c3ccccc3)OC)C(C)C)C(C)C)cc1)C(C)C)c1ccccc1-2. The number of nitrogens with one attached hydrogen (secondary N) is 7. The Kier molecular flexibility index (Phi) is 36.3. The summed E-state index contributed by atoms with van der Waals surface area (Å²) in [6.45, 7) is 15.6. The third-order valence-corrected chi connectivity index (χ3v) is 24.0. The van der Waals surface area contributed by atoms with E-state index in [1.54, 1.807) is 127 Å². The molecule has 0 aliphatic carbocycles. The maximum atomic E-state index is 15.0. The van der Waals surface area contributed by atoms with E-state index in [9.17, 15) is 88.8 Å². The Morgan fingerprint density at radius 1 is 0.656 bits per heavy atom. The van der Waals surface area contributed by atoms with Crippen molar-refractivity contribution in [3.8, 4) is 22.5 Å². The number of aliphatic hydroxyl groups excluding tert-OH is 7. The Balaban J connectivity index is 0.783. The van der Waals surface area contributed by atoms with Crippen LogP contribution >= 0.6 is 0 Å². The Morgan fingerprint density at radius 3 is 1.95 bits per heavy atom. The molecular weight excluding hydrogens is 1670 g/mol. The van der Waals surface area contributed by atoms with Gasteiger partial charge in [-0.3, -0.25) is 53.1 Å². The Bertz CT molecular complexity index is 4650. The van der Waals surface area contributed by atoms with Gasteiger partial charge in [-0.2, -0.15) is 0 Å². The highest BCUT2D eigenvalue weighted by Crippen LogP contribution is 2.41. The highest BCUT2D eigenvalue weighted by atomic mass is 16.7. The third kappa shape index (κ3) is 24.9. The molecule has 3 saturated heterocycles. The number of aliphatic hydroxyl groups is 7. The number of anilines is 2. The molecular formula is C89H125N13O26. The monoisotopic (exact) mass is 1790 g/mol. The summed E-state index contributed by atoms with van der Waals surface area (Å²) < 4.78 is 49.2. The fourth-order valence-corrected chi connectivity index (χ4v) is 16.6. The molecule has 0 unspecified atom stereocenters. The van der Waals surface area contributed by atoms with Crippen molar-refractivity contribution in [1.29, 1.82) is 0 Å². The van der Waals surface area contributed by atoms with E-state index in [1.165, 1.54) is 50.4 Å². The number of ether oxygens (including phenoxy) is 7. The number of carboxylic acid groups (broad SMARTS) is 1. The number of amides is 10. The number of benzene rings is 4. The van der Waals surface area contributed by atoms with Crippen LogP contribution in [0.4, 0.5) is 16.2 Å². The smallest absolute Gasteiger partial charge is 0.410 e. The minimum atomic E-state index is -1.97. The summed E-state index contributed by atoms with van der Waals surface area (Å²) in [4.78, 5) is 160. The number of likely N-dealkylation sites (tertiary alicyclic amines) is 1. The van der Waals surface area contributed by atoms with Crippen molar-refractivity contribution in [1.82, 2.24) is 56.7 Å². The zero-order chi connectivity index (χ0) is 94.7. The van der Waals surface area contributed by atoms with Gasteiger partial charge < -0.3 is 121 Å². The molecule has 39 nitrogen and oxygen atoms in total. The highest BCUT2D eigenvalue weighted by Gasteiger charge is 2.51. The van der Waals surface area contributed by atoms with Crippen LogP contribution in [0.1, 0.15) is 137 Å². The zero-order valence-electron chi connectivity index (χ0n) is 75.5. The second kappa shape index (κ2) is 46.6. The number of carboxylic acids is 1. The molecule has 15 N–H and O–H groups in total. The summed E-state index contributed by atoms with van der Waals surface area (Å²) in [6.07, 6.45) is -21.4. The fraction of sp³-hybridized carbons (Fsp3) is 0.584. The number of hydrogen-bond acceptors (Lipinski definition) is 27. The molecule has 702 valence electrons. The van der Waals surface area contributed by atoms with Crippen LogP contribution in [-0.4, -0.2) is 307 Å². The van der Waals surface area contributed by atoms with Gasteiger partial charge in [0.15, 0.2) is 20.1 Å². The van der Waals surface area contributed by atoms with E-state index in [4.69, 9.17) is 34.6 Å². The van der Waals surface area contributed by atoms with Crippen LogP contribution in [-0.2, 0) is 94.3 Å². The molecule has 3 fully saturated rings. The number of aliphatic carboxylic acids is 1. The quantitative estimate of drug-likeness (QED) is 0.0267. The van der Waals surface area contributed by atoms with Crippen LogP contribution in [0.3, 0.4) is 0 Å². The Labute approximate surface area is 744 Å². The zero-order valence-corrected chi connectivity index (χ0v) is 74.5. The molecule has 9 rings (SSSR count). The summed E-state index contributed by atoms with van der Waals surface area (Å²) in [5, 5.41) is 109. The van der Waals surface area contributed by atoms with Crippen molar-refractivity contribution < 1.29 is 128 Å². The normalized spacial score (nSPS) is 23.0. The Morgan fingerprint density at radius 2 is 1.30 bits per heavy atom. The van der Waals surface area contributed by atoms with Gasteiger partial charge in [-0.25, -0.2) is 9.59 Å². The number of carbonyl (C=O) groups excluding carboxylic acids is 10. The average molecular weight is 1800 g/mol. The van der Waals surface area contributed by atoms with E-state index in [1.807, 2.05) is 38.1 Å². The summed E-state index contributed by atoms with van der Waals surface area (Å²) in [7, 11) is 5.82. The van der Waals surface area contributed by atoms with Crippen molar-refractivity contribution in [3.63, 3.8) is 0 Å². The molecule has 10 amide bonds. The molecule has 1 aromatic heterocycles. The summed E-state index contributed by atoms with van der Waals surface area (Å²) in [5.41, 5.74) is 4.36. The lowest BCUT2D eigenvalue weighted by Crippen LogP contribution is -2.61. The maximum Gasteiger partial charge on any atom is 0.410 e. The van der Waals surface area contributed by atoms with Crippen molar-refractivity contribution in [2.24, 2.45) is 29.6 Å². The van der Waals surface area contributed by atoms with Crippen molar-refractivity contribution in [2.45, 2.75) is 249 Å². The van der Waals surface area contributed by atoms with E-state index in [-0.39, 0.29) is 68.8 Å². The van der Waals surface area contributed by atoms with Gasteiger partial charge in [-0.15, -0.1) is 5.10 Å². The molecule has 0 radical (unpaired) electrons. The number of rotatable bonds is 41. The average Bonchev–Trinajstić information content (AvgIpc) is 1.66. The first-order chi connectivity index (χ1) is 61.3. The molecule has 0 spiro atoms. The van der Waals surface area contributed by atoms with Gasteiger partial charge >= 0.3 is 12.1 Å². The number of likely N-dealkylation sites (N-methyl/N-ethyl adjacent to an activating group) is 2. The minimum absolute atomic E-state index is 0.117. The second-order valence-corrected chi connectivity index (χ2v) is 34.0. The lowest BCUT2D eigenvalue weighted by Gasteiger charge is -2.41. The topological polar surface area (TPSA) is 541 Å². The molecule has 22 atom stereocenters. The van der Waals surface area contributed by atoms with Gasteiger partial charge in [-0.1, -0.05) is 159 Å². The number of hydrogen-bond donors (Lipinski definition) is 15. The molecule has 5 aromatic rings. The predicted molar refractivity (Wildman–Crippen MR) is 460 cm³/mol. The van der Waals surface area contributed by atoms with Crippen LogP contribution < -0.4 is 36.8 Å². The molecule has 0 bridgehead atoms. The molecule has 4 aliphatic heterocycles. The van der Waals surface area contributed by atoms with Crippen molar-refractivity contribution in [2.75, 3.05) is 64.8 Å². The maximum absolute atomic E-state index is 15.0. The number of nitrogens with zero attached hydrogens (tertiary/aromatic N) is 6. The van der Waals surface area contributed by atoms with E-state index < -0.39 is 212 Å². The van der Waals surface area contributed by atoms with E-state index in [0.717, 1.165) is 15.6 Å².